The van der Waals surface area contributed by atoms with Crippen molar-refractivity contribution in [3.05, 3.63) is 64.7 Å². The van der Waals surface area contributed by atoms with Crippen molar-refractivity contribution in [2.75, 3.05) is 29.9 Å². The van der Waals surface area contributed by atoms with Crippen LogP contribution in [-0.2, 0) is 20.9 Å². The maximum Gasteiger partial charge on any atom is 0.326 e. The molecule has 1 aliphatic heterocycles. The standard InChI is InChI=1S/C25H24N4O5/c1-16-12-17(28-10-4-5-11-28)8-9-19(16)27-21(30)14-33-22(31)13-29-15-26-23-18-6-2-3-7-20(18)34-24(23)25(29)32/h2-3,6-9,12,15H,4-5,10-11,13-14H2,1H3,(H,27,30). The Labute approximate surface area is 194 Å². The number of hydrogen-bond donors (Lipinski definition) is 1. The van der Waals surface area contributed by atoms with Gasteiger partial charge in [0.1, 0.15) is 17.6 Å². The first-order chi connectivity index (χ1) is 16.5. The van der Waals surface area contributed by atoms with Crippen LogP contribution in [0.3, 0.4) is 0 Å². The summed E-state index contributed by atoms with van der Waals surface area (Å²) in [7, 11) is 0. The predicted octanol–water partition coefficient (Wildman–Crippen LogP) is 3.23. The number of aromatic nitrogens is 2. The molecule has 0 unspecified atom stereocenters. The molecule has 2 aromatic heterocycles. The van der Waals surface area contributed by atoms with E-state index >= 15 is 0 Å². The largest absolute Gasteiger partial charge is 0.454 e. The van der Waals surface area contributed by atoms with Crippen LogP contribution in [0.25, 0.3) is 22.1 Å². The first-order valence-electron chi connectivity index (χ1n) is 11.2. The minimum Gasteiger partial charge on any atom is -0.454 e. The Bertz CT molecular complexity index is 1450. The van der Waals surface area contributed by atoms with Gasteiger partial charge in [-0.25, -0.2) is 4.98 Å². The van der Waals surface area contributed by atoms with Crippen LogP contribution in [0.4, 0.5) is 11.4 Å². The quantitative estimate of drug-likeness (QED) is 0.440. The molecule has 1 saturated heterocycles. The van der Waals surface area contributed by atoms with Crippen molar-refractivity contribution in [3.63, 3.8) is 0 Å². The van der Waals surface area contributed by atoms with Gasteiger partial charge < -0.3 is 19.4 Å². The topological polar surface area (TPSA) is 107 Å². The lowest BCUT2D eigenvalue weighted by Gasteiger charge is -2.19. The van der Waals surface area contributed by atoms with E-state index in [0.717, 1.165) is 34.3 Å². The molecular weight excluding hydrogens is 436 g/mol. The number of nitrogens with zero attached hydrogens (tertiary/aromatic N) is 3. The minimum absolute atomic E-state index is 0.0714. The van der Waals surface area contributed by atoms with Crippen molar-refractivity contribution >= 4 is 45.3 Å². The second-order valence-corrected chi connectivity index (χ2v) is 8.36. The van der Waals surface area contributed by atoms with Crippen LogP contribution in [0.1, 0.15) is 18.4 Å². The maximum absolute atomic E-state index is 12.7. The van der Waals surface area contributed by atoms with Gasteiger partial charge >= 0.3 is 5.97 Å². The zero-order valence-corrected chi connectivity index (χ0v) is 18.7. The number of aryl methyl sites for hydroxylation is 1. The van der Waals surface area contributed by atoms with Gasteiger partial charge in [-0.3, -0.25) is 19.0 Å². The number of carbonyl (C=O) groups excluding carboxylic acids is 2. The molecule has 5 rings (SSSR count). The summed E-state index contributed by atoms with van der Waals surface area (Å²) in [6, 6.07) is 13.1. The highest BCUT2D eigenvalue weighted by molar-refractivity contribution is 6.01. The third kappa shape index (κ3) is 4.24. The van der Waals surface area contributed by atoms with Crippen LogP contribution in [0, 0.1) is 6.92 Å². The molecular formula is C25H24N4O5. The van der Waals surface area contributed by atoms with Gasteiger partial charge in [0.15, 0.2) is 6.61 Å². The molecule has 0 atom stereocenters. The molecule has 2 aromatic carbocycles. The number of anilines is 2. The van der Waals surface area contributed by atoms with E-state index in [0.29, 0.717) is 16.8 Å². The van der Waals surface area contributed by atoms with Gasteiger partial charge in [0, 0.05) is 29.9 Å². The summed E-state index contributed by atoms with van der Waals surface area (Å²) in [5.74, 6) is -1.18. The van der Waals surface area contributed by atoms with E-state index < -0.39 is 24.0 Å². The minimum atomic E-state index is -0.726. The fraction of sp³-hybridized carbons (Fsp3) is 0.280. The Kier molecular flexibility index (Phi) is 5.75. The summed E-state index contributed by atoms with van der Waals surface area (Å²) >= 11 is 0. The lowest BCUT2D eigenvalue weighted by molar-refractivity contribution is -0.147. The first kappa shape index (κ1) is 21.7. The number of rotatable bonds is 6. The van der Waals surface area contributed by atoms with Crippen molar-refractivity contribution in [2.45, 2.75) is 26.3 Å². The van der Waals surface area contributed by atoms with Crippen molar-refractivity contribution in [2.24, 2.45) is 0 Å². The van der Waals surface area contributed by atoms with Crippen molar-refractivity contribution in [1.82, 2.24) is 9.55 Å². The Morgan fingerprint density at radius 2 is 1.94 bits per heavy atom. The SMILES string of the molecule is Cc1cc(N2CCCC2)ccc1NC(=O)COC(=O)Cn1cnc2c(oc3ccccc32)c1=O. The third-order valence-electron chi connectivity index (χ3n) is 5.97. The summed E-state index contributed by atoms with van der Waals surface area (Å²) in [6.07, 6.45) is 3.66. The normalized spacial score (nSPS) is 13.5. The maximum atomic E-state index is 12.7. The van der Waals surface area contributed by atoms with Crippen molar-refractivity contribution in [3.8, 4) is 0 Å². The predicted molar refractivity (Wildman–Crippen MR) is 128 cm³/mol. The van der Waals surface area contributed by atoms with Gasteiger partial charge in [0.2, 0.25) is 5.58 Å². The van der Waals surface area contributed by atoms with E-state index in [2.05, 4.69) is 15.2 Å². The summed E-state index contributed by atoms with van der Waals surface area (Å²) in [6.45, 7) is 3.18. The number of carbonyl (C=O) groups is 2. The van der Waals surface area contributed by atoms with Gasteiger partial charge in [0.25, 0.3) is 11.5 Å². The summed E-state index contributed by atoms with van der Waals surface area (Å²) in [5.41, 5.74) is 3.30. The molecule has 9 heteroatoms. The number of benzene rings is 2. The molecule has 34 heavy (non-hydrogen) atoms. The Balaban J connectivity index is 1.19. The van der Waals surface area contributed by atoms with Crippen LogP contribution in [0.5, 0.6) is 0 Å². The molecule has 0 aliphatic carbocycles. The smallest absolute Gasteiger partial charge is 0.326 e. The molecule has 1 amide bonds. The third-order valence-corrected chi connectivity index (χ3v) is 5.97. The van der Waals surface area contributed by atoms with E-state index in [1.807, 2.05) is 37.3 Å². The van der Waals surface area contributed by atoms with Gasteiger partial charge in [-0.15, -0.1) is 0 Å². The first-order valence-corrected chi connectivity index (χ1v) is 11.2. The highest BCUT2D eigenvalue weighted by atomic mass is 16.5. The molecule has 0 saturated carbocycles. The average Bonchev–Trinajstić information content (AvgIpc) is 3.50. The highest BCUT2D eigenvalue weighted by Gasteiger charge is 2.17. The number of nitrogens with one attached hydrogen (secondary N) is 1. The second-order valence-electron chi connectivity index (χ2n) is 8.36. The van der Waals surface area contributed by atoms with Crippen molar-refractivity contribution < 1.29 is 18.7 Å². The van der Waals surface area contributed by atoms with Crippen LogP contribution >= 0.6 is 0 Å². The number of amides is 1. The van der Waals surface area contributed by atoms with E-state index in [9.17, 15) is 14.4 Å². The van der Waals surface area contributed by atoms with Crippen LogP contribution in [-0.4, -0.2) is 41.1 Å². The van der Waals surface area contributed by atoms with Gasteiger partial charge in [-0.1, -0.05) is 12.1 Å². The van der Waals surface area contributed by atoms with Gasteiger partial charge in [-0.2, -0.15) is 0 Å². The van der Waals surface area contributed by atoms with E-state index in [1.165, 1.54) is 19.2 Å². The Morgan fingerprint density at radius 3 is 2.74 bits per heavy atom. The molecule has 174 valence electrons. The number of fused-ring (bicyclic) bond motifs is 3. The number of furan rings is 1. The number of esters is 1. The number of hydrogen-bond acceptors (Lipinski definition) is 7. The molecule has 4 aromatic rings. The second kappa shape index (κ2) is 9.01. The van der Waals surface area contributed by atoms with E-state index in [1.54, 1.807) is 12.1 Å². The summed E-state index contributed by atoms with van der Waals surface area (Å²) < 4.78 is 11.8. The van der Waals surface area contributed by atoms with E-state index in [-0.39, 0.29) is 12.1 Å². The molecule has 0 radical (unpaired) electrons. The van der Waals surface area contributed by atoms with Gasteiger partial charge in [0.05, 0.1) is 6.33 Å². The van der Waals surface area contributed by atoms with Crippen LogP contribution in [0.15, 0.2) is 58.0 Å². The molecule has 0 spiro atoms. The molecule has 1 N–H and O–H groups in total. The number of para-hydroxylation sites is 1. The summed E-state index contributed by atoms with van der Waals surface area (Å²) in [5, 5.41) is 3.49. The fourth-order valence-corrected chi connectivity index (χ4v) is 4.21. The Hall–Kier alpha value is -4.14. The monoisotopic (exact) mass is 460 g/mol. The Morgan fingerprint density at radius 1 is 1.15 bits per heavy atom. The zero-order chi connectivity index (χ0) is 23.7. The molecule has 3 heterocycles. The van der Waals surface area contributed by atoms with Crippen molar-refractivity contribution in [1.29, 1.82) is 0 Å². The molecule has 1 fully saturated rings. The molecule has 1 aliphatic rings. The average molecular weight is 460 g/mol. The molecule has 0 bridgehead atoms. The highest BCUT2D eigenvalue weighted by Crippen LogP contribution is 2.26. The lowest BCUT2D eigenvalue weighted by Crippen LogP contribution is -2.28. The summed E-state index contributed by atoms with van der Waals surface area (Å²) in [4.78, 5) is 43.9. The van der Waals surface area contributed by atoms with Crippen LogP contribution in [0.2, 0.25) is 0 Å². The lowest BCUT2D eigenvalue weighted by atomic mass is 10.1. The molecule has 9 nitrogen and oxygen atoms in total. The van der Waals surface area contributed by atoms with Gasteiger partial charge in [-0.05, 0) is 55.7 Å². The zero-order valence-electron chi connectivity index (χ0n) is 18.7. The van der Waals surface area contributed by atoms with E-state index in [4.69, 9.17) is 9.15 Å². The van der Waals surface area contributed by atoms with Crippen LogP contribution < -0.4 is 15.8 Å². The number of ether oxygens (including phenoxy) is 1. The fourth-order valence-electron chi connectivity index (χ4n) is 4.21.